The Morgan fingerprint density at radius 2 is 1.74 bits per heavy atom. The molecule has 1 atom stereocenters. The highest BCUT2D eigenvalue weighted by Crippen LogP contribution is 2.25. The van der Waals surface area contributed by atoms with Crippen molar-refractivity contribution in [3.63, 3.8) is 0 Å². The second-order valence-electron chi connectivity index (χ2n) is 10.6. The molecule has 3 aromatic carbocycles. The number of ether oxygens (including phenoxy) is 1. The van der Waals surface area contributed by atoms with Gasteiger partial charge in [0.05, 0.1) is 19.2 Å². The number of methoxy groups -OCH3 is 1. The maximum absolute atomic E-state index is 14.7. The van der Waals surface area contributed by atoms with Crippen molar-refractivity contribution < 1.29 is 18.7 Å². The number of halogens is 1. The highest BCUT2D eigenvalue weighted by Gasteiger charge is 2.38. The molecule has 3 aromatic rings. The average Bonchev–Trinajstić information content (AvgIpc) is 3.27. The van der Waals surface area contributed by atoms with E-state index in [0.29, 0.717) is 29.1 Å². The summed E-state index contributed by atoms with van der Waals surface area (Å²) < 4.78 is 19.9. The maximum Gasteiger partial charge on any atom is 0.256 e. The fourth-order valence-corrected chi connectivity index (χ4v) is 5.72. The Kier molecular flexibility index (Phi) is 9.78. The molecule has 0 saturated carbocycles. The molecule has 220 valence electrons. The van der Waals surface area contributed by atoms with Crippen LogP contribution in [-0.4, -0.2) is 72.6 Å². The lowest BCUT2D eigenvalue weighted by molar-refractivity contribution is -0.122. The monoisotopic (exact) mass is 589 g/mol. The smallest absolute Gasteiger partial charge is 0.256 e. The minimum absolute atomic E-state index is 0.0891. The van der Waals surface area contributed by atoms with Gasteiger partial charge in [-0.2, -0.15) is 0 Å². The van der Waals surface area contributed by atoms with Crippen molar-refractivity contribution in [1.82, 2.24) is 15.1 Å². The molecule has 2 saturated heterocycles. The fourth-order valence-electron chi connectivity index (χ4n) is 5.38. The predicted octanol–water partition coefficient (Wildman–Crippen LogP) is 4.20. The summed E-state index contributed by atoms with van der Waals surface area (Å²) in [4.78, 5) is 32.1. The third-order valence-corrected chi connectivity index (χ3v) is 8.00. The van der Waals surface area contributed by atoms with Gasteiger partial charge in [-0.05, 0) is 85.2 Å². The van der Waals surface area contributed by atoms with E-state index in [1.54, 1.807) is 43.5 Å². The van der Waals surface area contributed by atoms with Crippen LogP contribution in [0.15, 0.2) is 72.8 Å². The van der Waals surface area contributed by atoms with E-state index in [9.17, 15) is 14.0 Å². The molecule has 10 heteroatoms. The molecule has 8 nitrogen and oxygen atoms in total. The fraction of sp³-hybridized carbons (Fsp3) is 0.344. The van der Waals surface area contributed by atoms with Crippen LogP contribution in [0.1, 0.15) is 24.0 Å². The zero-order valence-corrected chi connectivity index (χ0v) is 24.5. The molecule has 0 spiro atoms. The topological polar surface area (TPSA) is 77.2 Å². The Labute approximate surface area is 251 Å². The number of benzene rings is 3. The first-order valence-corrected chi connectivity index (χ1v) is 14.7. The van der Waals surface area contributed by atoms with E-state index < -0.39 is 6.04 Å². The van der Waals surface area contributed by atoms with Gasteiger partial charge < -0.3 is 20.3 Å². The SMILES string of the molecule is COc1ccc(NC(=O)CC2NC(=S)N(c3ccc(F)c(CCCN4CCN(Cc5ccccc5)CC4)c3)C2=O)cc1. The summed E-state index contributed by atoms with van der Waals surface area (Å²) in [6.07, 6.45) is 1.28. The zero-order chi connectivity index (χ0) is 29.5. The van der Waals surface area contributed by atoms with Gasteiger partial charge in [0, 0.05) is 38.4 Å². The van der Waals surface area contributed by atoms with Crippen molar-refractivity contribution in [1.29, 1.82) is 0 Å². The van der Waals surface area contributed by atoms with Gasteiger partial charge in [0.25, 0.3) is 5.91 Å². The van der Waals surface area contributed by atoms with Crippen LogP contribution in [0.3, 0.4) is 0 Å². The molecule has 2 aliphatic rings. The summed E-state index contributed by atoms with van der Waals surface area (Å²) in [6.45, 7) is 5.86. The summed E-state index contributed by atoms with van der Waals surface area (Å²) in [5, 5.41) is 5.94. The second kappa shape index (κ2) is 13.9. The number of carbonyl (C=O) groups excluding carboxylic acids is 2. The Morgan fingerprint density at radius 3 is 2.45 bits per heavy atom. The van der Waals surface area contributed by atoms with Gasteiger partial charge in [0.2, 0.25) is 5.91 Å². The highest BCUT2D eigenvalue weighted by molar-refractivity contribution is 7.80. The van der Waals surface area contributed by atoms with E-state index in [1.807, 2.05) is 6.07 Å². The third kappa shape index (κ3) is 7.50. The summed E-state index contributed by atoms with van der Waals surface area (Å²) in [5.74, 6) is -0.280. The van der Waals surface area contributed by atoms with Crippen molar-refractivity contribution in [2.45, 2.75) is 31.8 Å². The molecule has 2 fully saturated rings. The summed E-state index contributed by atoms with van der Waals surface area (Å²) >= 11 is 5.43. The Balaban J connectivity index is 1.11. The minimum atomic E-state index is -0.801. The van der Waals surface area contributed by atoms with E-state index in [0.717, 1.165) is 45.7 Å². The van der Waals surface area contributed by atoms with E-state index >= 15 is 0 Å². The number of hydrogen-bond acceptors (Lipinski definition) is 6. The molecule has 0 aromatic heterocycles. The van der Waals surface area contributed by atoms with Crippen LogP contribution in [0, 0.1) is 5.82 Å². The third-order valence-electron chi connectivity index (χ3n) is 7.70. The van der Waals surface area contributed by atoms with E-state index in [4.69, 9.17) is 17.0 Å². The number of anilines is 2. The molecule has 2 amide bonds. The first kappa shape index (κ1) is 29.6. The van der Waals surface area contributed by atoms with Crippen molar-refractivity contribution in [2.75, 3.05) is 50.1 Å². The first-order valence-electron chi connectivity index (χ1n) is 14.2. The number of rotatable bonds is 11. The average molecular weight is 590 g/mol. The number of nitrogens with zero attached hydrogens (tertiary/aromatic N) is 3. The van der Waals surface area contributed by atoms with E-state index in [-0.39, 0.29) is 29.2 Å². The molecular formula is C32H36FN5O3S. The second-order valence-corrected chi connectivity index (χ2v) is 11.0. The van der Waals surface area contributed by atoms with Crippen molar-refractivity contribution >= 4 is 40.5 Å². The van der Waals surface area contributed by atoms with Crippen LogP contribution in [0.2, 0.25) is 0 Å². The number of piperazine rings is 1. The minimum Gasteiger partial charge on any atom is -0.497 e. The van der Waals surface area contributed by atoms with Gasteiger partial charge >= 0.3 is 0 Å². The number of amides is 2. The molecule has 5 rings (SSSR count). The van der Waals surface area contributed by atoms with Gasteiger partial charge in [0.1, 0.15) is 17.6 Å². The lowest BCUT2D eigenvalue weighted by Gasteiger charge is -2.34. The highest BCUT2D eigenvalue weighted by atomic mass is 32.1. The van der Waals surface area contributed by atoms with Crippen LogP contribution in [-0.2, 0) is 22.6 Å². The van der Waals surface area contributed by atoms with E-state index in [2.05, 4.69) is 44.7 Å². The standard InChI is InChI=1S/C32H36FN5O3S/c1-41-27-12-9-25(10-13-27)34-30(39)21-29-31(40)38(32(42)35-29)26-11-14-28(33)24(20-26)8-5-15-36-16-18-37(19-17-36)22-23-6-3-2-4-7-23/h2-4,6-7,9-14,20,29H,5,8,15-19,21-22H2,1H3,(H,34,39)(H,35,42). The molecule has 2 N–H and O–H groups in total. The largest absolute Gasteiger partial charge is 0.497 e. The number of thiocarbonyl (C=S) groups is 1. The number of carbonyl (C=O) groups is 2. The number of hydrogen-bond donors (Lipinski definition) is 2. The quantitative estimate of drug-likeness (QED) is 0.325. The maximum atomic E-state index is 14.7. The lowest BCUT2D eigenvalue weighted by Crippen LogP contribution is -2.46. The molecular weight excluding hydrogens is 553 g/mol. The molecule has 0 bridgehead atoms. The van der Waals surface area contributed by atoms with Gasteiger partial charge in [-0.3, -0.25) is 19.4 Å². The van der Waals surface area contributed by atoms with Crippen molar-refractivity contribution in [3.05, 3.63) is 89.7 Å². The Hall–Kier alpha value is -3.86. The van der Waals surface area contributed by atoms with Crippen LogP contribution in [0.5, 0.6) is 5.75 Å². The first-order chi connectivity index (χ1) is 20.4. The molecule has 42 heavy (non-hydrogen) atoms. The summed E-state index contributed by atoms with van der Waals surface area (Å²) in [5.41, 5.74) is 2.98. The molecule has 1 unspecified atom stereocenters. The summed E-state index contributed by atoms with van der Waals surface area (Å²) in [6, 6.07) is 21.3. The normalized spacial score (nSPS) is 17.8. The number of nitrogens with one attached hydrogen (secondary N) is 2. The Morgan fingerprint density at radius 1 is 1.02 bits per heavy atom. The zero-order valence-electron chi connectivity index (χ0n) is 23.7. The van der Waals surface area contributed by atoms with Crippen LogP contribution in [0.4, 0.5) is 15.8 Å². The number of aryl methyl sites for hydroxylation is 1. The lowest BCUT2D eigenvalue weighted by atomic mass is 10.1. The summed E-state index contributed by atoms with van der Waals surface area (Å²) in [7, 11) is 1.57. The van der Waals surface area contributed by atoms with Crippen molar-refractivity contribution in [3.8, 4) is 5.75 Å². The van der Waals surface area contributed by atoms with Crippen LogP contribution in [0.25, 0.3) is 0 Å². The van der Waals surface area contributed by atoms with E-state index in [1.165, 1.54) is 16.5 Å². The van der Waals surface area contributed by atoms with Crippen molar-refractivity contribution in [2.24, 2.45) is 0 Å². The molecule has 2 heterocycles. The van der Waals surface area contributed by atoms with Gasteiger partial charge in [0.15, 0.2) is 5.11 Å². The van der Waals surface area contributed by atoms with Gasteiger partial charge in [-0.25, -0.2) is 4.39 Å². The van der Waals surface area contributed by atoms with Gasteiger partial charge in [-0.1, -0.05) is 30.3 Å². The molecule has 0 aliphatic carbocycles. The predicted molar refractivity (Wildman–Crippen MR) is 166 cm³/mol. The molecule has 2 aliphatic heterocycles. The van der Waals surface area contributed by atoms with Gasteiger partial charge in [-0.15, -0.1) is 0 Å². The van der Waals surface area contributed by atoms with Crippen LogP contribution >= 0.6 is 12.2 Å². The Bertz CT molecular complexity index is 1400. The molecule has 0 radical (unpaired) electrons. The van der Waals surface area contributed by atoms with Crippen LogP contribution < -0.4 is 20.3 Å².